The van der Waals surface area contributed by atoms with Gasteiger partial charge in [-0.1, -0.05) is 0 Å². The Hall–Kier alpha value is -1.97. The Bertz CT molecular complexity index is 826. The summed E-state index contributed by atoms with van der Waals surface area (Å²) >= 11 is 0. The number of rotatable bonds is 7. The maximum absolute atomic E-state index is 12.7. The molecule has 1 aromatic heterocycles. The third kappa shape index (κ3) is 3.68. The Labute approximate surface area is 147 Å². The molecular weight excluding hydrogens is 344 g/mol. The highest BCUT2D eigenvalue weighted by Crippen LogP contribution is 2.29. The van der Waals surface area contributed by atoms with Gasteiger partial charge in [0.05, 0.1) is 17.5 Å². The van der Waals surface area contributed by atoms with E-state index in [1.165, 1.54) is 4.31 Å². The van der Waals surface area contributed by atoms with Crippen LogP contribution in [0.3, 0.4) is 0 Å². The standard InChI is InChI=1S/C16H22N4O4S/c1-12-17-13(2)20(18-12)14-10-19(11-14)25(21,22)16-6-4-15(5-7-16)24-9-8-23-3/h4-7,14H,8-11H2,1-3H3. The maximum atomic E-state index is 12.7. The lowest BCUT2D eigenvalue weighted by Gasteiger charge is -2.38. The van der Waals surface area contributed by atoms with Crippen molar-refractivity contribution < 1.29 is 17.9 Å². The van der Waals surface area contributed by atoms with E-state index in [4.69, 9.17) is 9.47 Å². The third-order valence-corrected chi connectivity index (χ3v) is 5.95. The minimum atomic E-state index is -3.50. The van der Waals surface area contributed by atoms with Gasteiger partial charge in [-0.3, -0.25) is 0 Å². The Kier molecular flexibility index (Phi) is 5.07. The van der Waals surface area contributed by atoms with Crippen molar-refractivity contribution in [3.8, 4) is 5.75 Å². The van der Waals surface area contributed by atoms with Crippen molar-refractivity contribution in [2.75, 3.05) is 33.4 Å². The zero-order valence-corrected chi connectivity index (χ0v) is 15.4. The predicted octanol–water partition coefficient (Wildman–Crippen LogP) is 1.17. The summed E-state index contributed by atoms with van der Waals surface area (Å²) < 4.78 is 39.0. The van der Waals surface area contributed by atoms with Gasteiger partial charge >= 0.3 is 0 Å². The lowest BCUT2D eigenvalue weighted by atomic mass is 10.2. The van der Waals surface area contributed by atoms with Gasteiger partial charge in [0, 0.05) is 20.2 Å². The van der Waals surface area contributed by atoms with Crippen molar-refractivity contribution in [3.63, 3.8) is 0 Å². The molecule has 0 unspecified atom stereocenters. The summed E-state index contributed by atoms with van der Waals surface area (Å²) in [6.07, 6.45) is 0. The molecule has 3 rings (SSSR count). The largest absolute Gasteiger partial charge is 0.491 e. The van der Waals surface area contributed by atoms with Crippen LogP contribution >= 0.6 is 0 Å². The van der Waals surface area contributed by atoms with Gasteiger partial charge in [0.15, 0.2) is 0 Å². The number of aromatic nitrogens is 3. The molecule has 2 aromatic rings. The van der Waals surface area contributed by atoms with E-state index in [-0.39, 0.29) is 10.9 Å². The molecule has 9 heteroatoms. The number of sulfonamides is 1. The van der Waals surface area contributed by atoms with Crippen molar-refractivity contribution in [1.29, 1.82) is 0 Å². The SMILES string of the molecule is COCCOc1ccc(S(=O)(=O)N2CC(n3nc(C)nc3C)C2)cc1. The summed E-state index contributed by atoms with van der Waals surface area (Å²) in [5, 5.41) is 4.33. The smallest absolute Gasteiger partial charge is 0.243 e. The third-order valence-electron chi connectivity index (χ3n) is 4.10. The zero-order chi connectivity index (χ0) is 18.0. The highest BCUT2D eigenvalue weighted by atomic mass is 32.2. The molecule has 1 aromatic carbocycles. The van der Waals surface area contributed by atoms with Crippen LogP contribution in [0.25, 0.3) is 0 Å². The van der Waals surface area contributed by atoms with E-state index in [1.54, 1.807) is 36.1 Å². The molecule has 0 N–H and O–H groups in total. The fourth-order valence-electron chi connectivity index (χ4n) is 2.75. The van der Waals surface area contributed by atoms with Crippen LogP contribution in [0, 0.1) is 13.8 Å². The van der Waals surface area contributed by atoms with Crippen LogP contribution in [0.5, 0.6) is 5.75 Å². The number of nitrogens with zero attached hydrogens (tertiary/aromatic N) is 4. The molecule has 1 aliphatic heterocycles. The molecule has 1 aliphatic rings. The second-order valence-electron chi connectivity index (χ2n) is 5.94. The van der Waals surface area contributed by atoms with Gasteiger partial charge in [-0.05, 0) is 38.1 Å². The lowest BCUT2D eigenvalue weighted by Crippen LogP contribution is -2.51. The Morgan fingerprint density at radius 1 is 1.16 bits per heavy atom. The van der Waals surface area contributed by atoms with Crippen LogP contribution < -0.4 is 4.74 Å². The second kappa shape index (κ2) is 7.11. The Morgan fingerprint density at radius 3 is 2.40 bits per heavy atom. The number of hydrogen-bond acceptors (Lipinski definition) is 6. The molecule has 0 atom stereocenters. The van der Waals surface area contributed by atoms with E-state index >= 15 is 0 Å². The molecule has 0 radical (unpaired) electrons. The van der Waals surface area contributed by atoms with Crippen molar-refractivity contribution >= 4 is 10.0 Å². The molecule has 25 heavy (non-hydrogen) atoms. The van der Waals surface area contributed by atoms with Crippen LogP contribution in [-0.4, -0.2) is 60.9 Å². The molecule has 2 heterocycles. The first-order chi connectivity index (χ1) is 11.9. The maximum Gasteiger partial charge on any atom is 0.243 e. The normalized spacial score (nSPS) is 16.0. The first-order valence-corrected chi connectivity index (χ1v) is 9.47. The number of aryl methyl sites for hydroxylation is 2. The predicted molar refractivity (Wildman–Crippen MR) is 91.1 cm³/mol. The molecule has 136 valence electrons. The van der Waals surface area contributed by atoms with E-state index in [9.17, 15) is 8.42 Å². The van der Waals surface area contributed by atoms with Crippen LogP contribution in [0.4, 0.5) is 0 Å². The summed E-state index contributed by atoms with van der Waals surface area (Å²) in [6.45, 7) is 5.41. The zero-order valence-electron chi connectivity index (χ0n) is 14.5. The molecule has 0 bridgehead atoms. The molecule has 0 spiro atoms. The van der Waals surface area contributed by atoms with Crippen molar-refractivity contribution in [3.05, 3.63) is 35.9 Å². The molecule has 8 nitrogen and oxygen atoms in total. The summed E-state index contributed by atoms with van der Waals surface area (Å²) in [6, 6.07) is 6.48. The molecule has 0 saturated carbocycles. The van der Waals surface area contributed by atoms with E-state index in [2.05, 4.69) is 10.1 Å². The topological polar surface area (TPSA) is 86.5 Å². The van der Waals surface area contributed by atoms with Crippen molar-refractivity contribution in [2.24, 2.45) is 0 Å². The molecular formula is C16H22N4O4S. The van der Waals surface area contributed by atoms with Crippen LogP contribution in [0.2, 0.25) is 0 Å². The first-order valence-electron chi connectivity index (χ1n) is 8.03. The van der Waals surface area contributed by atoms with E-state index in [0.717, 1.165) is 5.82 Å². The summed E-state index contributed by atoms with van der Waals surface area (Å²) in [5.74, 6) is 2.12. The summed E-state index contributed by atoms with van der Waals surface area (Å²) in [4.78, 5) is 4.52. The van der Waals surface area contributed by atoms with E-state index < -0.39 is 10.0 Å². The van der Waals surface area contributed by atoms with Crippen LogP contribution in [0.1, 0.15) is 17.7 Å². The minimum absolute atomic E-state index is 0.0348. The number of benzene rings is 1. The highest BCUT2D eigenvalue weighted by molar-refractivity contribution is 7.89. The second-order valence-corrected chi connectivity index (χ2v) is 7.88. The first kappa shape index (κ1) is 17.8. The number of ether oxygens (including phenoxy) is 2. The summed E-state index contributed by atoms with van der Waals surface area (Å²) in [5.41, 5.74) is 0. The van der Waals surface area contributed by atoms with Gasteiger partial charge in [-0.25, -0.2) is 18.1 Å². The molecule has 1 fully saturated rings. The molecule has 0 aliphatic carbocycles. The quantitative estimate of drug-likeness (QED) is 0.684. The van der Waals surface area contributed by atoms with Crippen LogP contribution in [-0.2, 0) is 14.8 Å². The molecule has 0 amide bonds. The minimum Gasteiger partial charge on any atom is -0.491 e. The van der Waals surface area contributed by atoms with Crippen molar-refractivity contribution in [2.45, 2.75) is 24.8 Å². The van der Waals surface area contributed by atoms with Gasteiger partial charge in [0.2, 0.25) is 10.0 Å². The van der Waals surface area contributed by atoms with Gasteiger partial charge in [-0.2, -0.15) is 9.40 Å². The van der Waals surface area contributed by atoms with Gasteiger partial charge in [0.1, 0.15) is 24.0 Å². The summed E-state index contributed by atoms with van der Waals surface area (Å²) in [7, 11) is -1.90. The fourth-order valence-corrected chi connectivity index (χ4v) is 4.26. The Morgan fingerprint density at radius 2 is 1.84 bits per heavy atom. The monoisotopic (exact) mass is 366 g/mol. The average molecular weight is 366 g/mol. The average Bonchev–Trinajstić information content (AvgIpc) is 2.85. The van der Waals surface area contributed by atoms with Gasteiger partial charge in [0.25, 0.3) is 0 Å². The highest BCUT2D eigenvalue weighted by Gasteiger charge is 2.38. The number of hydrogen-bond donors (Lipinski definition) is 0. The fraction of sp³-hybridized carbons (Fsp3) is 0.500. The van der Waals surface area contributed by atoms with Crippen LogP contribution in [0.15, 0.2) is 29.2 Å². The van der Waals surface area contributed by atoms with Gasteiger partial charge in [-0.15, -0.1) is 0 Å². The Balaban J connectivity index is 1.64. The van der Waals surface area contributed by atoms with Crippen molar-refractivity contribution in [1.82, 2.24) is 19.1 Å². The van der Waals surface area contributed by atoms with E-state index in [1.807, 2.05) is 13.8 Å². The van der Waals surface area contributed by atoms with E-state index in [0.29, 0.717) is 37.9 Å². The number of methoxy groups -OCH3 is 1. The lowest BCUT2D eigenvalue weighted by molar-refractivity contribution is 0.146. The van der Waals surface area contributed by atoms with Gasteiger partial charge < -0.3 is 9.47 Å². The molecule has 1 saturated heterocycles.